The highest BCUT2D eigenvalue weighted by molar-refractivity contribution is 5.73. The van der Waals surface area contributed by atoms with Gasteiger partial charge in [0.15, 0.2) is 5.82 Å². The van der Waals surface area contributed by atoms with Crippen LogP contribution >= 0.6 is 0 Å². The van der Waals surface area contributed by atoms with E-state index in [1.54, 1.807) is 6.33 Å². The van der Waals surface area contributed by atoms with Gasteiger partial charge in [-0.15, -0.1) is 10.2 Å². The summed E-state index contributed by atoms with van der Waals surface area (Å²) >= 11 is 0. The number of anilines is 1. The highest BCUT2D eigenvalue weighted by Gasteiger charge is 2.27. The van der Waals surface area contributed by atoms with Crippen LogP contribution in [-0.4, -0.2) is 38.8 Å². The first-order valence-corrected chi connectivity index (χ1v) is 6.02. The topological polar surface area (TPSA) is 70.7 Å². The van der Waals surface area contributed by atoms with E-state index in [4.69, 9.17) is 5.11 Å². The standard InChI is InChI=1S/C12H14N4O2/c17-12(18)9-3-1-5-15(7-9)11-10-4-2-6-16(10)8-13-14-11/h2,4,6,8-9H,1,3,5,7H2,(H,17,18). The molecule has 1 N–H and O–H groups in total. The van der Waals surface area contributed by atoms with Crippen LogP contribution in [0.1, 0.15) is 12.8 Å². The van der Waals surface area contributed by atoms with Crippen molar-refractivity contribution >= 4 is 17.3 Å². The second-order valence-electron chi connectivity index (χ2n) is 4.58. The van der Waals surface area contributed by atoms with Crippen LogP contribution in [0.25, 0.3) is 5.52 Å². The van der Waals surface area contributed by atoms with Gasteiger partial charge in [0.1, 0.15) is 6.33 Å². The number of nitrogens with zero attached hydrogens (tertiary/aromatic N) is 4. The van der Waals surface area contributed by atoms with E-state index >= 15 is 0 Å². The molecular weight excluding hydrogens is 232 g/mol. The molecule has 2 aromatic heterocycles. The van der Waals surface area contributed by atoms with Gasteiger partial charge < -0.3 is 14.4 Å². The van der Waals surface area contributed by atoms with Gasteiger partial charge in [0.25, 0.3) is 0 Å². The molecule has 1 fully saturated rings. The third-order valence-electron chi connectivity index (χ3n) is 3.41. The van der Waals surface area contributed by atoms with E-state index in [2.05, 4.69) is 10.2 Å². The molecule has 0 aliphatic carbocycles. The Hall–Kier alpha value is -2.11. The first-order chi connectivity index (χ1) is 8.75. The second-order valence-corrected chi connectivity index (χ2v) is 4.58. The summed E-state index contributed by atoms with van der Waals surface area (Å²) in [6.07, 6.45) is 5.17. The maximum Gasteiger partial charge on any atom is 0.308 e. The van der Waals surface area contributed by atoms with Gasteiger partial charge in [-0.05, 0) is 25.0 Å². The van der Waals surface area contributed by atoms with Gasteiger partial charge in [-0.2, -0.15) is 0 Å². The second kappa shape index (κ2) is 4.29. The predicted octanol–water partition coefficient (Wildman–Crippen LogP) is 1.03. The molecule has 1 aliphatic heterocycles. The minimum Gasteiger partial charge on any atom is -0.481 e. The molecule has 94 valence electrons. The van der Waals surface area contributed by atoms with Crippen molar-refractivity contribution in [1.82, 2.24) is 14.6 Å². The summed E-state index contributed by atoms with van der Waals surface area (Å²) in [6, 6.07) is 3.90. The van der Waals surface area contributed by atoms with Crippen molar-refractivity contribution in [2.24, 2.45) is 5.92 Å². The number of carboxylic acid groups (broad SMARTS) is 1. The lowest BCUT2D eigenvalue weighted by Gasteiger charge is -2.31. The van der Waals surface area contributed by atoms with Gasteiger partial charge >= 0.3 is 5.97 Å². The molecule has 18 heavy (non-hydrogen) atoms. The van der Waals surface area contributed by atoms with E-state index in [1.807, 2.05) is 27.6 Å². The number of carboxylic acids is 1. The summed E-state index contributed by atoms with van der Waals surface area (Å²) in [6.45, 7) is 1.35. The average Bonchev–Trinajstić information content (AvgIpc) is 2.87. The van der Waals surface area contributed by atoms with Crippen molar-refractivity contribution < 1.29 is 9.90 Å². The van der Waals surface area contributed by atoms with Crippen LogP contribution in [0.3, 0.4) is 0 Å². The molecule has 1 aliphatic rings. The number of piperidine rings is 1. The van der Waals surface area contributed by atoms with Gasteiger partial charge in [-0.25, -0.2) is 0 Å². The Labute approximate surface area is 104 Å². The zero-order valence-electron chi connectivity index (χ0n) is 9.86. The van der Waals surface area contributed by atoms with E-state index in [1.165, 1.54) is 0 Å². The molecular formula is C12H14N4O2. The number of hydrogen-bond donors (Lipinski definition) is 1. The van der Waals surface area contributed by atoms with Gasteiger partial charge in [-0.3, -0.25) is 4.79 Å². The van der Waals surface area contributed by atoms with Crippen LogP contribution in [0.15, 0.2) is 24.7 Å². The van der Waals surface area contributed by atoms with Crippen LogP contribution in [0.4, 0.5) is 5.82 Å². The number of hydrogen-bond acceptors (Lipinski definition) is 4. The molecule has 2 aromatic rings. The normalized spacial score (nSPS) is 20.2. The molecule has 1 saturated heterocycles. The van der Waals surface area contributed by atoms with Crippen molar-refractivity contribution in [3.63, 3.8) is 0 Å². The summed E-state index contributed by atoms with van der Waals surface area (Å²) in [5, 5.41) is 17.2. The third-order valence-corrected chi connectivity index (χ3v) is 3.41. The quantitative estimate of drug-likeness (QED) is 0.857. The van der Waals surface area contributed by atoms with Crippen molar-refractivity contribution in [3.05, 3.63) is 24.7 Å². The molecule has 0 bridgehead atoms. The van der Waals surface area contributed by atoms with Crippen molar-refractivity contribution in [3.8, 4) is 0 Å². The lowest BCUT2D eigenvalue weighted by Crippen LogP contribution is -2.39. The molecule has 3 rings (SSSR count). The number of rotatable bonds is 2. The Bertz CT molecular complexity index is 580. The fraction of sp³-hybridized carbons (Fsp3) is 0.417. The van der Waals surface area contributed by atoms with E-state index < -0.39 is 5.97 Å². The van der Waals surface area contributed by atoms with Crippen LogP contribution in [0, 0.1) is 5.92 Å². The summed E-state index contributed by atoms with van der Waals surface area (Å²) in [4.78, 5) is 13.1. The van der Waals surface area contributed by atoms with Crippen LogP contribution in [0.5, 0.6) is 0 Å². The Morgan fingerprint density at radius 3 is 3.22 bits per heavy atom. The van der Waals surface area contributed by atoms with Crippen molar-refractivity contribution in [1.29, 1.82) is 0 Å². The smallest absolute Gasteiger partial charge is 0.308 e. The Kier molecular flexibility index (Phi) is 2.62. The first kappa shape index (κ1) is 11.0. The van der Waals surface area contributed by atoms with E-state index in [0.717, 1.165) is 30.7 Å². The van der Waals surface area contributed by atoms with Crippen LogP contribution in [-0.2, 0) is 4.79 Å². The molecule has 6 nitrogen and oxygen atoms in total. The third kappa shape index (κ3) is 1.79. The maximum absolute atomic E-state index is 11.1. The lowest BCUT2D eigenvalue weighted by molar-refractivity contribution is -0.141. The molecule has 1 atom stereocenters. The summed E-state index contributed by atoms with van der Waals surface area (Å²) in [5.74, 6) is -0.265. The molecule has 0 aromatic carbocycles. The van der Waals surface area contributed by atoms with Crippen molar-refractivity contribution in [2.75, 3.05) is 18.0 Å². The van der Waals surface area contributed by atoms with Gasteiger partial charge in [-0.1, -0.05) is 0 Å². The zero-order chi connectivity index (χ0) is 12.5. The summed E-state index contributed by atoms with van der Waals surface area (Å²) in [7, 11) is 0. The fourth-order valence-corrected chi connectivity index (χ4v) is 2.47. The van der Waals surface area contributed by atoms with Gasteiger partial charge in [0.05, 0.1) is 11.4 Å². The van der Waals surface area contributed by atoms with E-state index in [-0.39, 0.29) is 5.92 Å². The summed E-state index contributed by atoms with van der Waals surface area (Å²) in [5.41, 5.74) is 0.969. The van der Waals surface area contributed by atoms with Crippen LogP contribution < -0.4 is 4.90 Å². The molecule has 3 heterocycles. The number of carbonyl (C=O) groups is 1. The van der Waals surface area contributed by atoms with Gasteiger partial charge in [0, 0.05) is 19.3 Å². The number of fused-ring (bicyclic) bond motifs is 1. The van der Waals surface area contributed by atoms with Crippen LogP contribution in [0.2, 0.25) is 0 Å². The molecule has 0 radical (unpaired) electrons. The highest BCUT2D eigenvalue weighted by Crippen LogP contribution is 2.24. The van der Waals surface area contributed by atoms with E-state index in [9.17, 15) is 4.79 Å². The molecule has 6 heteroatoms. The first-order valence-electron chi connectivity index (χ1n) is 6.02. The molecule has 1 unspecified atom stereocenters. The largest absolute Gasteiger partial charge is 0.481 e. The summed E-state index contributed by atoms with van der Waals surface area (Å²) < 4.78 is 1.90. The van der Waals surface area contributed by atoms with Crippen molar-refractivity contribution in [2.45, 2.75) is 12.8 Å². The Morgan fingerprint density at radius 2 is 2.39 bits per heavy atom. The van der Waals surface area contributed by atoms with E-state index in [0.29, 0.717) is 6.54 Å². The molecule has 0 spiro atoms. The Balaban J connectivity index is 1.94. The lowest BCUT2D eigenvalue weighted by atomic mass is 9.98. The minimum absolute atomic E-state index is 0.309. The fourth-order valence-electron chi connectivity index (χ4n) is 2.47. The average molecular weight is 246 g/mol. The monoisotopic (exact) mass is 246 g/mol. The minimum atomic E-state index is -0.727. The molecule has 0 saturated carbocycles. The number of aliphatic carboxylic acids is 1. The SMILES string of the molecule is O=C(O)C1CCCN(c2nncn3cccc23)C1. The van der Waals surface area contributed by atoms with Gasteiger partial charge in [0.2, 0.25) is 0 Å². The molecule has 0 amide bonds. The Morgan fingerprint density at radius 1 is 1.50 bits per heavy atom. The zero-order valence-corrected chi connectivity index (χ0v) is 9.86. The maximum atomic E-state index is 11.1. The number of aromatic nitrogens is 3. The highest BCUT2D eigenvalue weighted by atomic mass is 16.4. The predicted molar refractivity (Wildman–Crippen MR) is 65.6 cm³/mol.